The van der Waals surface area contributed by atoms with Gasteiger partial charge in [-0.25, -0.2) is 9.97 Å². The highest BCUT2D eigenvalue weighted by Gasteiger charge is 2.23. The molecule has 7 heteroatoms. The predicted molar refractivity (Wildman–Crippen MR) is 73.6 cm³/mol. The minimum atomic E-state index is -0.379. The Balaban J connectivity index is 1.83. The fraction of sp³-hybridized carbons (Fsp3) is 0.385. The summed E-state index contributed by atoms with van der Waals surface area (Å²) in [7, 11) is 0. The van der Waals surface area contributed by atoms with E-state index in [1.165, 1.54) is 5.69 Å². The van der Waals surface area contributed by atoms with Crippen molar-refractivity contribution >= 4 is 11.5 Å². The average molecular weight is 273 g/mol. The van der Waals surface area contributed by atoms with Gasteiger partial charge in [-0.3, -0.25) is 10.1 Å². The van der Waals surface area contributed by atoms with E-state index in [9.17, 15) is 10.1 Å². The zero-order chi connectivity index (χ0) is 14.1. The normalized spacial score (nSPS) is 17.6. The lowest BCUT2D eigenvalue weighted by molar-refractivity contribution is -0.384. The molecular weight excluding hydrogens is 258 g/mol. The maximum Gasteiger partial charge on any atom is 0.314 e. The van der Waals surface area contributed by atoms with Crippen LogP contribution in [0.3, 0.4) is 0 Å². The Morgan fingerprint density at radius 3 is 3.20 bits per heavy atom. The second-order valence-electron chi connectivity index (χ2n) is 5.00. The van der Waals surface area contributed by atoms with Gasteiger partial charge in [0, 0.05) is 36.2 Å². The van der Waals surface area contributed by atoms with Crippen molar-refractivity contribution in [3.05, 3.63) is 46.2 Å². The van der Waals surface area contributed by atoms with Crippen LogP contribution in [0, 0.1) is 17.0 Å². The van der Waals surface area contributed by atoms with Gasteiger partial charge in [-0.05, 0) is 25.8 Å². The SMILES string of the molecule is Cc1ccnc(NC2CCc3cncn3C2)c1[N+](=O)[O-]. The number of nitrogens with one attached hydrogen (secondary N) is 1. The van der Waals surface area contributed by atoms with Crippen molar-refractivity contribution in [1.82, 2.24) is 14.5 Å². The van der Waals surface area contributed by atoms with Crippen molar-refractivity contribution in [2.24, 2.45) is 0 Å². The topological polar surface area (TPSA) is 85.9 Å². The third-order valence-corrected chi connectivity index (χ3v) is 3.61. The van der Waals surface area contributed by atoms with Gasteiger partial charge in [-0.2, -0.15) is 0 Å². The van der Waals surface area contributed by atoms with Gasteiger partial charge in [-0.15, -0.1) is 0 Å². The molecular formula is C13H15N5O2. The third kappa shape index (κ3) is 2.22. The quantitative estimate of drug-likeness (QED) is 0.682. The van der Waals surface area contributed by atoms with Crippen LogP contribution in [0.15, 0.2) is 24.8 Å². The van der Waals surface area contributed by atoms with Gasteiger partial charge < -0.3 is 9.88 Å². The van der Waals surface area contributed by atoms with Crippen molar-refractivity contribution in [1.29, 1.82) is 0 Å². The van der Waals surface area contributed by atoms with Crippen molar-refractivity contribution in [3.8, 4) is 0 Å². The standard InChI is InChI=1S/C13H15N5O2/c1-9-4-5-15-13(12(9)18(19)20)16-10-2-3-11-6-14-8-17(11)7-10/h4-6,8,10H,2-3,7H2,1H3,(H,15,16). The maximum absolute atomic E-state index is 11.2. The number of pyridine rings is 1. The third-order valence-electron chi connectivity index (χ3n) is 3.61. The van der Waals surface area contributed by atoms with Crippen LogP contribution >= 0.6 is 0 Å². The van der Waals surface area contributed by atoms with Gasteiger partial charge >= 0.3 is 5.69 Å². The number of hydrogen-bond donors (Lipinski definition) is 1. The van der Waals surface area contributed by atoms with Gasteiger partial charge in [0.2, 0.25) is 5.82 Å². The van der Waals surface area contributed by atoms with E-state index >= 15 is 0 Å². The molecule has 0 aromatic carbocycles. The molecule has 7 nitrogen and oxygen atoms in total. The summed E-state index contributed by atoms with van der Waals surface area (Å²) in [4.78, 5) is 19.0. The zero-order valence-corrected chi connectivity index (χ0v) is 11.1. The Bertz CT molecular complexity index is 652. The van der Waals surface area contributed by atoms with Crippen LogP contribution in [-0.2, 0) is 13.0 Å². The van der Waals surface area contributed by atoms with Crippen LogP contribution < -0.4 is 5.32 Å². The van der Waals surface area contributed by atoms with E-state index in [0.29, 0.717) is 11.4 Å². The molecule has 2 aromatic heterocycles. The molecule has 0 bridgehead atoms. The molecule has 0 radical (unpaired) electrons. The van der Waals surface area contributed by atoms with Gasteiger partial charge in [0.25, 0.3) is 0 Å². The number of hydrogen-bond acceptors (Lipinski definition) is 5. The van der Waals surface area contributed by atoms with Crippen molar-refractivity contribution in [2.75, 3.05) is 5.32 Å². The van der Waals surface area contributed by atoms with Crippen LogP contribution in [0.1, 0.15) is 17.7 Å². The Morgan fingerprint density at radius 1 is 1.55 bits per heavy atom. The molecule has 0 amide bonds. The molecule has 0 spiro atoms. The minimum Gasteiger partial charge on any atom is -0.360 e. The van der Waals surface area contributed by atoms with E-state index in [1.807, 2.05) is 6.20 Å². The molecule has 1 unspecified atom stereocenters. The van der Waals surface area contributed by atoms with Gasteiger partial charge in [0.15, 0.2) is 0 Å². The first-order valence-corrected chi connectivity index (χ1v) is 6.50. The van der Waals surface area contributed by atoms with E-state index in [4.69, 9.17) is 0 Å². The smallest absolute Gasteiger partial charge is 0.314 e. The van der Waals surface area contributed by atoms with E-state index in [-0.39, 0.29) is 16.7 Å². The van der Waals surface area contributed by atoms with E-state index in [0.717, 1.165) is 19.4 Å². The molecule has 104 valence electrons. The van der Waals surface area contributed by atoms with Crippen LogP contribution in [0.4, 0.5) is 11.5 Å². The number of nitro groups is 1. The molecule has 3 heterocycles. The summed E-state index contributed by atoms with van der Waals surface area (Å²) in [6.45, 7) is 2.47. The summed E-state index contributed by atoms with van der Waals surface area (Å²) >= 11 is 0. The monoisotopic (exact) mass is 273 g/mol. The van der Waals surface area contributed by atoms with Gasteiger partial charge in [-0.1, -0.05) is 0 Å². The summed E-state index contributed by atoms with van der Waals surface area (Å²) in [6, 6.07) is 1.78. The lowest BCUT2D eigenvalue weighted by atomic mass is 10.1. The lowest BCUT2D eigenvalue weighted by Gasteiger charge is -2.25. The Hall–Kier alpha value is -2.44. The molecule has 20 heavy (non-hydrogen) atoms. The number of nitrogens with zero attached hydrogens (tertiary/aromatic N) is 4. The summed E-state index contributed by atoms with van der Waals surface area (Å²) < 4.78 is 2.07. The summed E-state index contributed by atoms with van der Waals surface area (Å²) in [5.74, 6) is 0.351. The highest BCUT2D eigenvalue weighted by molar-refractivity contribution is 5.60. The number of rotatable bonds is 3. The molecule has 1 aliphatic heterocycles. The maximum atomic E-state index is 11.2. The molecule has 1 N–H and O–H groups in total. The summed E-state index contributed by atoms with van der Waals surface area (Å²) in [5, 5.41) is 14.4. The number of imidazole rings is 1. The van der Waals surface area contributed by atoms with Gasteiger partial charge in [0.1, 0.15) is 0 Å². The highest BCUT2D eigenvalue weighted by atomic mass is 16.6. The summed E-state index contributed by atoms with van der Waals surface area (Å²) in [6.07, 6.45) is 7.08. The van der Waals surface area contributed by atoms with Crippen LogP contribution in [0.2, 0.25) is 0 Å². The lowest BCUT2D eigenvalue weighted by Crippen LogP contribution is -2.31. The van der Waals surface area contributed by atoms with E-state index in [2.05, 4.69) is 19.9 Å². The molecule has 0 saturated carbocycles. The fourth-order valence-electron chi connectivity index (χ4n) is 2.57. The zero-order valence-electron chi connectivity index (χ0n) is 11.1. The average Bonchev–Trinajstić information content (AvgIpc) is 2.85. The van der Waals surface area contributed by atoms with Crippen molar-refractivity contribution < 1.29 is 4.92 Å². The number of anilines is 1. The van der Waals surface area contributed by atoms with Gasteiger partial charge in [0.05, 0.1) is 11.3 Å². The second-order valence-corrected chi connectivity index (χ2v) is 5.00. The predicted octanol–water partition coefficient (Wildman–Crippen LogP) is 1.92. The number of aromatic nitrogens is 3. The highest BCUT2D eigenvalue weighted by Crippen LogP contribution is 2.27. The van der Waals surface area contributed by atoms with Crippen LogP contribution in [0.25, 0.3) is 0 Å². The number of fused-ring (bicyclic) bond motifs is 1. The van der Waals surface area contributed by atoms with E-state index < -0.39 is 0 Å². The fourth-order valence-corrected chi connectivity index (χ4v) is 2.57. The Morgan fingerprint density at radius 2 is 2.40 bits per heavy atom. The van der Waals surface area contributed by atoms with Crippen LogP contribution in [-0.4, -0.2) is 25.5 Å². The summed E-state index contributed by atoms with van der Waals surface area (Å²) in [5.41, 5.74) is 1.88. The Kier molecular flexibility index (Phi) is 3.09. The molecule has 3 rings (SSSR count). The molecule has 0 aliphatic carbocycles. The first kappa shape index (κ1) is 12.6. The Labute approximate surface area is 115 Å². The molecule has 1 atom stereocenters. The molecule has 0 saturated heterocycles. The van der Waals surface area contributed by atoms with Crippen LogP contribution in [0.5, 0.6) is 0 Å². The minimum absolute atomic E-state index is 0.0592. The first-order valence-electron chi connectivity index (χ1n) is 6.50. The molecule has 0 fully saturated rings. The first-order chi connectivity index (χ1) is 9.65. The second kappa shape index (κ2) is 4.92. The van der Waals surface area contributed by atoms with E-state index in [1.54, 1.807) is 25.5 Å². The molecule has 1 aliphatic rings. The van der Waals surface area contributed by atoms with Crippen molar-refractivity contribution in [2.45, 2.75) is 32.4 Å². The molecule has 2 aromatic rings. The largest absolute Gasteiger partial charge is 0.360 e. The van der Waals surface area contributed by atoms with Crippen molar-refractivity contribution in [3.63, 3.8) is 0 Å². The number of aryl methyl sites for hydroxylation is 2.